The topological polar surface area (TPSA) is 0 Å². The van der Waals surface area contributed by atoms with Gasteiger partial charge >= 0.3 is 0 Å². The Morgan fingerprint density at radius 3 is 1.70 bits per heavy atom. The smallest absolute Gasteiger partial charge is 0.0963 e. The van der Waals surface area contributed by atoms with Gasteiger partial charge in [-0.05, 0) is 120 Å². The summed E-state index contributed by atoms with van der Waals surface area (Å²) in [6, 6.07) is 36.3. The van der Waals surface area contributed by atoms with E-state index in [9.17, 15) is 0 Å². The molecule has 3 heteroatoms. The van der Waals surface area contributed by atoms with E-state index in [1.54, 1.807) is 0 Å². The van der Waals surface area contributed by atoms with Gasteiger partial charge in [0.2, 0.25) is 0 Å². The maximum absolute atomic E-state index is 2.49. The zero-order chi connectivity index (χ0) is 22.2. The summed E-state index contributed by atoms with van der Waals surface area (Å²) in [5.41, 5.74) is 11.4. The molecule has 0 nitrogen and oxygen atoms in total. The van der Waals surface area contributed by atoms with E-state index in [0.717, 1.165) is 0 Å². The fourth-order valence-electron chi connectivity index (χ4n) is 5.78. The maximum Gasteiger partial charge on any atom is 0.0963 e. The predicted octanol–water partition coefficient (Wildman–Crippen LogP) is 8.84. The normalized spacial score (nSPS) is 22.0. The lowest BCUT2D eigenvalue weighted by Crippen LogP contribution is -2.37. The highest BCUT2D eigenvalue weighted by atomic mass is 127. The number of benzene rings is 4. The third kappa shape index (κ3) is 2.88. The third-order valence-electron chi connectivity index (χ3n) is 7.08. The van der Waals surface area contributed by atoms with Gasteiger partial charge in [0, 0.05) is 18.0 Å². The summed E-state index contributed by atoms with van der Waals surface area (Å²) in [6.45, 7) is 0. The van der Waals surface area contributed by atoms with E-state index in [0.29, 0.717) is 0 Å². The van der Waals surface area contributed by atoms with Crippen LogP contribution in [0.1, 0.15) is 39.3 Å². The Kier molecular flexibility index (Phi) is 4.72. The molecule has 0 saturated carbocycles. The van der Waals surface area contributed by atoms with Crippen LogP contribution in [0.4, 0.5) is 0 Å². The minimum Gasteiger partial charge on any atom is -0.104 e. The van der Waals surface area contributed by atoms with E-state index in [-0.39, 0.29) is 10.7 Å². The van der Waals surface area contributed by atoms with Gasteiger partial charge in [-0.1, -0.05) is 72.8 Å². The Labute approximate surface area is 225 Å². The van der Waals surface area contributed by atoms with Gasteiger partial charge in [0.15, 0.2) is 0 Å². The molecule has 0 N–H and O–H groups in total. The fourth-order valence-corrected chi connectivity index (χ4v) is 8.13. The quantitative estimate of drug-likeness (QED) is 0.193. The summed E-state index contributed by atoms with van der Waals surface area (Å²) >= 11 is 6.81. The highest BCUT2D eigenvalue weighted by Crippen LogP contribution is 2.70. The Hall–Kier alpha value is -1.83. The van der Waals surface area contributed by atoms with E-state index < -0.39 is 0 Å². The number of halogens is 2. The molecule has 33 heavy (non-hydrogen) atoms. The first-order valence-corrected chi connectivity index (χ1v) is 14.0. The van der Waals surface area contributed by atoms with Crippen molar-refractivity contribution in [1.29, 1.82) is 0 Å². The summed E-state index contributed by atoms with van der Waals surface area (Å²) in [5, 5.41) is 0. The zero-order valence-electron chi connectivity index (χ0n) is 17.6. The molecule has 0 amide bonds. The monoisotopic (exact) mass is 664 g/mol. The Morgan fingerprint density at radius 1 is 0.606 bits per heavy atom. The number of hydrogen-bond acceptors (Lipinski definition) is 1. The molecule has 0 saturated heterocycles. The summed E-state index contributed by atoms with van der Waals surface area (Å²) in [7, 11) is 0. The van der Waals surface area contributed by atoms with Crippen LogP contribution >= 0.6 is 56.9 Å². The molecule has 0 unspecified atom stereocenters. The molecule has 4 aliphatic rings. The van der Waals surface area contributed by atoms with Gasteiger partial charge in [0.1, 0.15) is 0 Å². The molecule has 0 atom stereocenters. The molecule has 0 fully saturated rings. The van der Waals surface area contributed by atoms with E-state index in [1.165, 1.54) is 56.6 Å². The lowest BCUT2D eigenvalue weighted by atomic mass is 9.59. The van der Waals surface area contributed by atoms with Crippen LogP contribution < -0.4 is 0 Å². The largest absolute Gasteiger partial charge is 0.104 e. The standard InChI is InChI=1S/C30H18I2S/c31-20-13-9-18(10-14-20)27-17-26-28(19-11-15-21(32)16-12-19)29-22-5-1-3-7-24(22)30(26,33-27)25-8-4-2-6-23(25)29/h1-17,29H. The van der Waals surface area contributed by atoms with Crippen LogP contribution in [0.25, 0.3) is 10.5 Å². The van der Waals surface area contributed by atoms with Gasteiger partial charge in [-0.3, -0.25) is 0 Å². The predicted molar refractivity (Wildman–Crippen MR) is 156 cm³/mol. The first-order chi connectivity index (χ1) is 16.2. The van der Waals surface area contributed by atoms with Gasteiger partial charge in [-0.15, -0.1) is 11.8 Å². The van der Waals surface area contributed by atoms with Crippen molar-refractivity contribution < 1.29 is 0 Å². The van der Waals surface area contributed by atoms with Crippen molar-refractivity contribution in [2.75, 3.05) is 0 Å². The first kappa shape index (κ1) is 20.5. The number of hydrogen-bond donors (Lipinski definition) is 0. The second kappa shape index (κ2) is 7.59. The molecule has 2 bridgehead atoms. The Balaban J connectivity index is 1.57. The molecule has 3 aliphatic carbocycles. The molecule has 158 valence electrons. The molecule has 0 radical (unpaired) electrons. The second-order valence-electron chi connectivity index (χ2n) is 8.74. The van der Waals surface area contributed by atoms with E-state index in [2.05, 4.69) is 148 Å². The van der Waals surface area contributed by atoms with E-state index in [4.69, 9.17) is 0 Å². The van der Waals surface area contributed by atoms with Crippen LogP contribution in [0, 0.1) is 7.14 Å². The lowest BCUT2D eigenvalue weighted by molar-refractivity contribution is 0.761. The van der Waals surface area contributed by atoms with Crippen LogP contribution in [0.2, 0.25) is 0 Å². The highest BCUT2D eigenvalue weighted by molar-refractivity contribution is 14.1. The number of allylic oxidation sites excluding steroid dienone is 2. The van der Waals surface area contributed by atoms with Crippen molar-refractivity contribution in [2.24, 2.45) is 0 Å². The minimum absolute atomic E-state index is 0.196. The van der Waals surface area contributed by atoms with Crippen molar-refractivity contribution in [3.8, 4) is 0 Å². The van der Waals surface area contributed by atoms with Crippen LogP contribution in [0.5, 0.6) is 0 Å². The van der Waals surface area contributed by atoms with Gasteiger partial charge in [0.05, 0.1) is 4.75 Å². The van der Waals surface area contributed by atoms with E-state index >= 15 is 0 Å². The van der Waals surface area contributed by atoms with Gasteiger partial charge in [0.25, 0.3) is 0 Å². The third-order valence-corrected chi connectivity index (χ3v) is 10.1. The second-order valence-corrected chi connectivity index (χ2v) is 12.5. The summed E-state index contributed by atoms with van der Waals surface area (Å²) in [5.74, 6) is 0.266. The molecule has 4 aromatic rings. The van der Waals surface area contributed by atoms with Crippen molar-refractivity contribution in [1.82, 2.24) is 0 Å². The van der Waals surface area contributed by atoms with Crippen molar-refractivity contribution in [2.45, 2.75) is 10.7 Å². The van der Waals surface area contributed by atoms with Gasteiger partial charge in [-0.2, -0.15) is 0 Å². The molecule has 1 heterocycles. The molecular weight excluding hydrogens is 646 g/mol. The van der Waals surface area contributed by atoms with Crippen LogP contribution in [-0.2, 0) is 4.75 Å². The summed E-state index contributed by atoms with van der Waals surface area (Å²) < 4.78 is 2.35. The van der Waals surface area contributed by atoms with Crippen molar-refractivity contribution >= 4 is 67.4 Å². The van der Waals surface area contributed by atoms with Crippen LogP contribution in [0.3, 0.4) is 0 Å². The van der Waals surface area contributed by atoms with Gasteiger partial charge < -0.3 is 0 Å². The molecule has 8 rings (SSSR count). The molecule has 1 spiro atoms. The first-order valence-electron chi connectivity index (χ1n) is 11.0. The maximum atomic E-state index is 2.49. The number of rotatable bonds is 2. The fraction of sp³-hybridized carbons (Fsp3) is 0.0667. The molecule has 4 aromatic carbocycles. The van der Waals surface area contributed by atoms with Crippen LogP contribution in [0.15, 0.2) is 109 Å². The minimum atomic E-state index is -0.196. The molecule has 0 aromatic heterocycles. The lowest BCUT2D eigenvalue weighted by Gasteiger charge is -2.49. The Bertz CT molecular complexity index is 1450. The van der Waals surface area contributed by atoms with Crippen LogP contribution in [-0.4, -0.2) is 0 Å². The average molecular weight is 664 g/mol. The number of thioether (sulfide) groups is 1. The average Bonchev–Trinajstić information content (AvgIpc) is 3.27. The Morgan fingerprint density at radius 2 is 1.12 bits per heavy atom. The highest BCUT2D eigenvalue weighted by Gasteiger charge is 2.55. The summed E-state index contributed by atoms with van der Waals surface area (Å²) in [6.07, 6.45) is 2.49. The SMILES string of the molecule is Ic1ccc(C2=CC3=C(c4ccc(I)cc4)C4c5ccccc5C3(S2)c2ccccc24)cc1. The van der Waals surface area contributed by atoms with Gasteiger partial charge in [-0.25, -0.2) is 0 Å². The van der Waals surface area contributed by atoms with Crippen molar-refractivity contribution in [3.63, 3.8) is 0 Å². The summed E-state index contributed by atoms with van der Waals surface area (Å²) in [4.78, 5) is 1.36. The van der Waals surface area contributed by atoms with E-state index in [1.807, 2.05) is 11.8 Å². The molecular formula is C30H18I2S. The zero-order valence-corrected chi connectivity index (χ0v) is 22.7. The van der Waals surface area contributed by atoms with Crippen molar-refractivity contribution in [3.05, 3.63) is 149 Å². The molecule has 1 aliphatic heterocycles.